The molecule has 3 nitrogen and oxygen atoms in total. The number of aryl methyl sites for hydroxylation is 1. The van der Waals surface area contributed by atoms with E-state index in [1.54, 1.807) is 0 Å². The SMILES string of the molecule is CCNCC1CCCC1Cc1ccn(C)n1. The summed E-state index contributed by atoms with van der Waals surface area (Å²) in [6, 6.07) is 2.16. The lowest BCUT2D eigenvalue weighted by atomic mass is 9.91. The fourth-order valence-electron chi connectivity index (χ4n) is 2.82. The second kappa shape index (κ2) is 5.48. The summed E-state index contributed by atoms with van der Waals surface area (Å²) in [5, 5.41) is 7.97. The van der Waals surface area contributed by atoms with E-state index in [0.29, 0.717) is 0 Å². The molecule has 0 amide bonds. The highest BCUT2D eigenvalue weighted by Gasteiger charge is 2.27. The van der Waals surface area contributed by atoms with Crippen molar-refractivity contribution in [2.75, 3.05) is 13.1 Å². The molecule has 1 N–H and O–H groups in total. The normalized spacial score (nSPS) is 25.1. The van der Waals surface area contributed by atoms with Gasteiger partial charge in [-0.25, -0.2) is 0 Å². The van der Waals surface area contributed by atoms with E-state index in [-0.39, 0.29) is 0 Å². The van der Waals surface area contributed by atoms with Crippen molar-refractivity contribution < 1.29 is 0 Å². The van der Waals surface area contributed by atoms with Crippen LogP contribution in [-0.4, -0.2) is 22.9 Å². The van der Waals surface area contributed by atoms with Crippen LogP contribution in [0.3, 0.4) is 0 Å². The van der Waals surface area contributed by atoms with Crippen LogP contribution in [0.2, 0.25) is 0 Å². The van der Waals surface area contributed by atoms with Crippen molar-refractivity contribution in [1.82, 2.24) is 15.1 Å². The van der Waals surface area contributed by atoms with Crippen LogP contribution in [0.25, 0.3) is 0 Å². The molecule has 1 fully saturated rings. The number of hydrogen-bond donors (Lipinski definition) is 1. The largest absolute Gasteiger partial charge is 0.317 e. The van der Waals surface area contributed by atoms with E-state index in [4.69, 9.17) is 0 Å². The molecule has 1 aliphatic carbocycles. The van der Waals surface area contributed by atoms with Crippen molar-refractivity contribution in [2.45, 2.75) is 32.6 Å². The van der Waals surface area contributed by atoms with E-state index in [1.165, 1.54) is 31.5 Å². The van der Waals surface area contributed by atoms with Crippen LogP contribution in [0.15, 0.2) is 12.3 Å². The van der Waals surface area contributed by atoms with Gasteiger partial charge in [0, 0.05) is 13.2 Å². The molecule has 2 atom stereocenters. The van der Waals surface area contributed by atoms with E-state index in [9.17, 15) is 0 Å². The monoisotopic (exact) mass is 221 g/mol. The zero-order valence-corrected chi connectivity index (χ0v) is 10.4. The van der Waals surface area contributed by atoms with Gasteiger partial charge >= 0.3 is 0 Å². The third-order valence-electron chi connectivity index (χ3n) is 3.71. The van der Waals surface area contributed by atoms with E-state index in [0.717, 1.165) is 24.8 Å². The zero-order chi connectivity index (χ0) is 11.4. The van der Waals surface area contributed by atoms with Crippen LogP contribution in [0.4, 0.5) is 0 Å². The Morgan fingerprint density at radius 2 is 2.25 bits per heavy atom. The van der Waals surface area contributed by atoms with Gasteiger partial charge in [-0.3, -0.25) is 4.68 Å². The molecule has 3 heteroatoms. The Morgan fingerprint density at radius 1 is 1.44 bits per heavy atom. The first kappa shape index (κ1) is 11.6. The molecule has 1 aromatic heterocycles. The predicted molar refractivity (Wildman–Crippen MR) is 66.3 cm³/mol. The summed E-state index contributed by atoms with van der Waals surface area (Å²) in [7, 11) is 1.99. The minimum Gasteiger partial charge on any atom is -0.317 e. The summed E-state index contributed by atoms with van der Waals surface area (Å²) in [4.78, 5) is 0. The Hall–Kier alpha value is -0.830. The molecule has 2 rings (SSSR count). The van der Waals surface area contributed by atoms with Crippen molar-refractivity contribution in [3.63, 3.8) is 0 Å². The Balaban J connectivity index is 1.88. The second-order valence-corrected chi connectivity index (χ2v) is 4.94. The summed E-state index contributed by atoms with van der Waals surface area (Å²) in [5.41, 5.74) is 1.26. The molecule has 2 unspecified atom stereocenters. The third-order valence-corrected chi connectivity index (χ3v) is 3.71. The second-order valence-electron chi connectivity index (χ2n) is 4.94. The first-order valence-electron chi connectivity index (χ1n) is 6.49. The smallest absolute Gasteiger partial charge is 0.0627 e. The molecular weight excluding hydrogens is 198 g/mol. The lowest BCUT2D eigenvalue weighted by Gasteiger charge is -2.18. The number of hydrogen-bond acceptors (Lipinski definition) is 2. The van der Waals surface area contributed by atoms with Gasteiger partial charge in [0.15, 0.2) is 0 Å². The van der Waals surface area contributed by atoms with Gasteiger partial charge in [0.2, 0.25) is 0 Å². The Bertz CT molecular complexity index is 319. The first-order chi connectivity index (χ1) is 7.79. The van der Waals surface area contributed by atoms with Crippen LogP contribution in [0.1, 0.15) is 31.9 Å². The van der Waals surface area contributed by atoms with Gasteiger partial charge in [0.25, 0.3) is 0 Å². The van der Waals surface area contributed by atoms with Crippen molar-refractivity contribution in [3.05, 3.63) is 18.0 Å². The third kappa shape index (κ3) is 2.85. The number of rotatable bonds is 5. The van der Waals surface area contributed by atoms with Gasteiger partial charge in [-0.15, -0.1) is 0 Å². The molecule has 90 valence electrons. The van der Waals surface area contributed by atoms with Crippen LogP contribution >= 0.6 is 0 Å². The van der Waals surface area contributed by atoms with Crippen molar-refractivity contribution in [2.24, 2.45) is 18.9 Å². The van der Waals surface area contributed by atoms with Crippen molar-refractivity contribution in [1.29, 1.82) is 0 Å². The maximum absolute atomic E-state index is 4.49. The van der Waals surface area contributed by atoms with E-state index < -0.39 is 0 Å². The quantitative estimate of drug-likeness (QED) is 0.824. The Morgan fingerprint density at radius 3 is 2.94 bits per heavy atom. The van der Waals surface area contributed by atoms with Crippen LogP contribution < -0.4 is 5.32 Å². The molecule has 1 aromatic rings. The minimum atomic E-state index is 0.842. The summed E-state index contributed by atoms with van der Waals surface area (Å²) in [5.74, 6) is 1.70. The lowest BCUT2D eigenvalue weighted by Crippen LogP contribution is -2.26. The topological polar surface area (TPSA) is 29.9 Å². The van der Waals surface area contributed by atoms with Crippen molar-refractivity contribution in [3.8, 4) is 0 Å². The van der Waals surface area contributed by atoms with E-state index >= 15 is 0 Å². The standard InChI is InChI=1S/C13H23N3/c1-3-14-10-12-6-4-5-11(12)9-13-7-8-16(2)15-13/h7-8,11-12,14H,3-6,9-10H2,1-2H3. The fraction of sp³-hybridized carbons (Fsp3) is 0.769. The molecule has 0 aromatic carbocycles. The summed E-state index contributed by atoms with van der Waals surface area (Å²) in [6.45, 7) is 4.46. The molecule has 0 radical (unpaired) electrons. The number of nitrogens with zero attached hydrogens (tertiary/aromatic N) is 2. The Labute approximate surface area is 98.2 Å². The molecule has 0 saturated heterocycles. The van der Waals surface area contributed by atoms with Gasteiger partial charge in [-0.2, -0.15) is 5.10 Å². The average Bonchev–Trinajstić information content (AvgIpc) is 2.86. The molecule has 1 saturated carbocycles. The Kier molecular flexibility index (Phi) is 3.99. The van der Waals surface area contributed by atoms with Gasteiger partial charge in [-0.05, 0) is 50.3 Å². The van der Waals surface area contributed by atoms with Crippen LogP contribution in [0, 0.1) is 11.8 Å². The van der Waals surface area contributed by atoms with Crippen molar-refractivity contribution >= 4 is 0 Å². The summed E-state index contributed by atoms with van der Waals surface area (Å²) >= 11 is 0. The molecule has 1 aliphatic rings. The summed E-state index contributed by atoms with van der Waals surface area (Å²) < 4.78 is 1.91. The lowest BCUT2D eigenvalue weighted by molar-refractivity contribution is 0.365. The highest BCUT2D eigenvalue weighted by Crippen LogP contribution is 2.33. The fourth-order valence-corrected chi connectivity index (χ4v) is 2.82. The van der Waals surface area contributed by atoms with Gasteiger partial charge in [-0.1, -0.05) is 13.3 Å². The first-order valence-corrected chi connectivity index (χ1v) is 6.49. The van der Waals surface area contributed by atoms with Gasteiger partial charge in [0.1, 0.15) is 0 Å². The van der Waals surface area contributed by atoms with Gasteiger partial charge in [0.05, 0.1) is 5.69 Å². The number of aromatic nitrogens is 2. The molecular formula is C13H23N3. The molecule has 0 aliphatic heterocycles. The average molecular weight is 221 g/mol. The van der Waals surface area contributed by atoms with Crippen LogP contribution in [0.5, 0.6) is 0 Å². The molecule has 0 bridgehead atoms. The van der Waals surface area contributed by atoms with Gasteiger partial charge < -0.3 is 5.32 Å². The molecule has 0 spiro atoms. The highest BCUT2D eigenvalue weighted by molar-refractivity contribution is 5.01. The molecule has 1 heterocycles. The highest BCUT2D eigenvalue weighted by atomic mass is 15.2. The molecule has 16 heavy (non-hydrogen) atoms. The summed E-state index contributed by atoms with van der Waals surface area (Å²) in [6.07, 6.45) is 7.38. The van der Waals surface area contributed by atoms with E-state index in [1.807, 2.05) is 17.9 Å². The zero-order valence-electron chi connectivity index (χ0n) is 10.4. The minimum absolute atomic E-state index is 0.842. The van der Waals surface area contributed by atoms with E-state index in [2.05, 4.69) is 23.4 Å². The maximum atomic E-state index is 4.49. The van der Waals surface area contributed by atoms with Crippen LogP contribution in [-0.2, 0) is 13.5 Å². The number of nitrogens with one attached hydrogen (secondary N) is 1. The maximum Gasteiger partial charge on any atom is 0.0627 e. The predicted octanol–water partition coefficient (Wildman–Crippen LogP) is 1.99.